The second-order valence-corrected chi connectivity index (χ2v) is 5.82. The number of carbonyl (C=O) groups is 1. The van der Waals surface area contributed by atoms with Crippen LogP contribution in [0.15, 0.2) is 66.0 Å². The van der Waals surface area contributed by atoms with Gasteiger partial charge in [-0.3, -0.25) is 4.79 Å². The van der Waals surface area contributed by atoms with E-state index in [2.05, 4.69) is 15.6 Å². The minimum atomic E-state index is -0.388. The van der Waals surface area contributed by atoms with E-state index in [1.807, 2.05) is 6.07 Å². The molecular formula is C19H17ClN4O3. The molecule has 138 valence electrons. The maximum Gasteiger partial charge on any atom is 0.272 e. The van der Waals surface area contributed by atoms with Gasteiger partial charge in [0, 0.05) is 12.4 Å². The van der Waals surface area contributed by atoms with Crippen molar-refractivity contribution >= 4 is 23.7 Å². The number of carbonyl (C=O) groups excluding carboxylic acids is 1. The van der Waals surface area contributed by atoms with Crippen molar-refractivity contribution in [2.45, 2.75) is 6.73 Å². The highest BCUT2D eigenvalue weighted by Gasteiger charge is 2.08. The van der Waals surface area contributed by atoms with E-state index in [9.17, 15) is 4.79 Å². The van der Waals surface area contributed by atoms with Crippen molar-refractivity contribution in [2.24, 2.45) is 5.10 Å². The Morgan fingerprint density at radius 1 is 1.26 bits per heavy atom. The molecule has 1 heterocycles. The predicted molar refractivity (Wildman–Crippen MR) is 102 cm³/mol. The third-order valence-corrected chi connectivity index (χ3v) is 3.93. The average molecular weight is 385 g/mol. The van der Waals surface area contributed by atoms with E-state index in [-0.39, 0.29) is 12.6 Å². The molecule has 0 spiro atoms. The van der Waals surface area contributed by atoms with Crippen LogP contribution in [0.1, 0.15) is 15.9 Å². The van der Waals surface area contributed by atoms with Crippen LogP contribution in [0.2, 0.25) is 5.02 Å². The fourth-order valence-electron chi connectivity index (χ4n) is 2.27. The van der Waals surface area contributed by atoms with Gasteiger partial charge in [-0.15, -0.1) is 0 Å². The standard InChI is InChI=1S/C19H17ClN4O3/c1-26-17-8-7-14(11-18(17)27-13-24-10-4-9-22-24)12-21-23-19(25)15-5-2-3-6-16(15)20/h2-12H,13H2,1H3,(H,23,25)/b21-12+. The van der Waals surface area contributed by atoms with E-state index in [4.69, 9.17) is 21.1 Å². The van der Waals surface area contributed by atoms with Crippen molar-refractivity contribution < 1.29 is 14.3 Å². The second kappa shape index (κ2) is 8.86. The molecule has 0 unspecified atom stereocenters. The van der Waals surface area contributed by atoms with Crippen LogP contribution in [0.3, 0.4) is 0 Å². The van der Waals surface area contributed by atoms with Crippen molar-refractivity contribution in [3.8, 4) is 11.5 Å². The van der Waals surface area contributed by atoms with Crippen LogP contribution in [0.4, 0.5) is 0 Å². The highest BCUT2D eigenvalue weighted by Crippen LogP contribution is 2.27. The van der Waals surface area contributed by atoms with Crippen molar-refractivity contribution in [3.05, 3.63) is 77.1 Å². The lowest BCUT2D eigenvalue weighted by Gasteiger charge is -2.11. The van der Waals surface area contributed by atoms with Gasteiger partial charge in [-0.25, -0.2) is 10.1 Å². The van der Waals surface area contributed by atoms with E-state index in [0.717, 1.165) is 5.56 Å². The predicted octanol–water partition coefficient (Wildman–Crippen LogP) is 3.35. The fourth-order valence-corrected chi connectivity index (χ4v) is 2.49. The molecule has 1 aromatic heterocycles. The van der Waals surface area contributed by atoms with Crippen LogP contribution >= 0.6 is 11.6 Å². The van der Waals surface area contributed by atoms with Crippen LogP contribution < -0.4 is 14.9 Å². The lowest BCUT2D eigenvalue weighted by atomic mass is 10.2. The molecule has 7 nitrogen and oxygen atoms in total. The summed E-state index contributed by atoms with van der Waals surface area (Å²) in [5.41, 5.74) is 3.53. The summed E-state index contributed by atoms with van der Waals surface area (Å²) in [5.74, 6) is 0.731. The summed E-state index contributed by atoms with van der Waals surface area (Å²) >= 11 is 6.00. The van der Waals surface area contributed by atoms with Crippen molar-refractivity contribution in [3.63, 3.8) is 0 Å². The first kappa shape index (κ1) is 18.5. The molecule has 0 fully saturated rings. The topological polar surface area (TPSA) is 77.7 Å². The largest absolute Gasteiger partial charge is 0.493 e. The molecule has 27 heavy (non-hydrogen) atoms. The minimum absolute atomic E-state index is 0.243. The number of hydrogen-bond donors (Lipinski definition) is 1. The van der Waals surface area contributed by atoms with Crippen molar-refractivity contribution in [1.82, 2.24) is 15.2 Å². The monoisotopic (exact) mass is 384 g/mol. The van der Waals surface area contributed by atoms with Gasteiger partial charge in [0.1, 0.15) is 0 Å². The van der Waals surface area contributed by atoms with Gasteiger partial charge < -0.3 is 9.47 Å². The number of hydrazone groups is 1. The highest BCUT2D eigenvalue weighted by molar-refractivity contribution is 6.33. The van der Waals surface area contributed by atoms with Crippen molar-refractivity contribution in [1.29, 1.82) is 0 Å². The number of nitrogens with one attached hydrogen (secondary N) is 1. The Balaban J connectivity index is 1.67. The number of amides is 1. The molecule has 0 atom stereocenters. The number of methoxy groups -OCH3 is 1. The molecular weight excluding hydrogens is 368 g/mol. The van der Waals surface area contributed by atoms with E-state index < -0.39 is 0 Å². The summed E-state index contributed by atoms with van der Waals surface area (Å²) in [6.45, 7) is 0.243. The number of benzene rings is 2. The molecule has 2 aromatic carbocycles. The number of aromatic nitrogens is 2. The number of rotatable bonds is 7. The first-order chi connectivity index (χ1) is 13.2. The molecule has 0 bridgehead atoms. The van der Waals surface area contributed by atoms with Crippen LogP contribution in [0.25, 0.3) is 0 Å². The Hall–Kier alpha value is -3.32. The average Bonchev–Trinajstić information content (AvgIpc) is 3.20. The van der Waals surface area contributed by atoms with Gasteiger partial charge in [-0.05, 0) is 42.0 Å². The van der Waals surface area contributed by atoms with Gasteiger partial charge in [0.25, 0.3) is 5.91 Å². The third-order valence-electron chi connectivity index (χ3n) is 3.60. The smallest absolute Gasteiger partial charge is 0.272 e. The minimum Gasteiger partial charge on any atom is -0.493 e. The molecule has 3 aromatic rings. The van der Waals surface area contributed by atoms with Crippen LogP contribution in [0, 0.1) is 0 Å². The molecule has 0 aliphatic carbocycles. The Morgan fingerprint density at radius 2 is 2.11 bits per heavy atom. The van der Waals surface area contributed by atoms with Crippen molar-refractivity contribution in [2.75, 3.05) is 7.11 Å². The molecule has 1 amide bonds. The SMILES string of the molecule is COc1ccc(/C=N/NC(=O)c2ccccc2Cl)cc1OCn1cccn1. The molecule has 0 aliphatic heterocycles. The maximum atomic E-state index is 12.1. The Morgan fingerprint density at radius 3 is 2.85 bits per heavy atom. The zero-order valence-electron chi connectivity index (χ0n) is 14.5. The van der Waals surface area contributed by atoms with E-state index in [1.54, 1.807) is 66.6 Å². The number of ether oxygens (including phenoxy) is 2. The van der Waals surface area contributed by atoms with Gasteiger partial charge >= 0.3 is 0 Å². The lowest BCUT2D eigenvalue weighted by molar-refractivity contribution is 0.0955. The quantitative estimate of drug-likeness (QED) is 0.500. The molecule has 0 radical (unpaired) electrons. The maximum absolute atomic E-state index is 12.1. The van der Waals surface area contributed by atoms with Gasteiger partial charge in [0.15, 0.2) is 18.2 Å². The molecule has 8 heteroatoms. The highest BCUT2D eigenvalue weighted by atomic mass is 35.5. The molecule has 0 aliphatic rings. The summed E-state index contributed by atoms with van der Waals surface area (Å²) < 4.78 is 12.7. The number of hydrogen-bond acceptors (Lipinski definition) is 5. The van der Waals surface area contributed by atoms with E-state index >= 15 is 0 Å². The number of nitrogens with zero attached hydrogens (tertiary/aromatic N) is 3. The zero-order valence-corrected chi connectivity index (χ0v) is 15.3. The van der Waals surface area contributed by atoms with Gasteiger partial charge in [-0.2, -0.15) is 10.2 Å². The van der Waals surface area contributed by atoms with Crippen LogP contribution in [0.5, 0.6) is 11.5 Å². The van der Waals surface area contributed by atoms with E-state index in [1.165, 1.54) is 6.21 Å². The van der Waals surface area contributed by atoms with Gasteiger partial charge in [0.2, 0.25) is 0 Å². The molecule has 1 N–H and O–H groups in total. The summed E-state index contributed by atoms with van der Waals surface area (Å²) in [6, 6.07) is 13.9. The summed E-state index contributed by atoms with van der Waals surface area (Å²) in [5, 5.41) is 8.41. The molecule has 0 saturated carbocycles. The third kappa shape index (κ3) is 4.86. The first-order valence-electron chi connectivity index (χ1n) is 8.03. The second-order valence-electron chi connectivity index (χ2n) is 5.41. The summed E-state index contributed by atoms with van der Waals surface area (Å²) in [6.07, 6.45) is 4.97. The van der Waals surface area contributed by atoms with E-state index in [0.29, 0.717) is 22.1 Å². The zero-order chi connectivity index (χ0) is 19.1. The fraction of sp³-hybridized carbons (Fsp3) is 0.105. The van der Waals surface area contributed by atoms with Gasteiger partial charge in [0.05, 0.1) is 23.9 Å². The molecule has 3 rings (SSSR count). The molecule has 0 saturated heterocycles. The Labute approximate surface area is 161 Å². The van der Waals surface area contributed by atoms with Crippen LogP contribution in [-0.4, -0.2) is 29.0 Å². The normalized spacial score (nSPS) is 10.7. The van der Waals surface area contributed by atoms with Gasteiger partial charge in [-0.1, -0.05) is 23.7 Å². The Bertz CT molecular complexity index is 942. The Kier molecular flexibility index (Phi) is 6.06. The summed E-state index contributed by atoms with van der Waals surface area (Å²) in [4.78, 5) is 12.1. The lowest BCUT2D eigenvalue weighted by Crippen LogP contribution is -2.17. The first-order valence-corrected chi connectivity index (χ1v) is 8.41. The van der Waals surface area contributed by atoms with Crippen LogP contribution in [-0.2, 0) is 6.73 Å². The summed E-state index contributed by atoms with van der Waals surface area (Å²) in [7, 11) is 1.56. The number of halogens is 1.